The van der Waals surface area contributed by atoms with Crippen molar-refractivity contribution >= 4 is 46.0 Å². The number of rotatable bonds is 8. The number of methoxy groups -OCH3 is 1. The Hall–Kier alpha value is -3.29. The Morgan fingerprint density at radius 1 is 0.875 bits per heavy atom. The summed E-state index contributed by atoms with van der Waals surface area (Å²) in [6.07, 6.45) is 1.85. The van der Waals surface area contributed by atoms with Crippen LogP contribution in [0.15, 0.2) is 83.8 Å². The number of carbonyl (C=O) groups is 1. The first-order valence-electron chi connectivity index (χ1n) is 9.97. The number of hydrogen-bond donors (Lipinski definition) is 0. The second kappa shape index (κ2) is 10.3. The molecule has 1 saturated heterocycles. The van der Waals surface area contributed by atoms with Gasteiger partial charge in [-0.25, -0.2) is 0 Å². The van der Waals surface area contributed by atoms with Gasteiger partial charge in [0.2, 0.25) is 0 Å². The van der Waals surface area contributed by atoms with E-state index >= 15 is 0 Å². The predicted molar refractivity (Wildman–Crippen MR) is 133 cm³/mol. The van der Waals surface area contributed by atoms with Gasteiger partial charge in [0.15, 0.2) is 4.32 Å². The van der Waals surface area contributed by atoms with Crippen molar-refractivity contribution in [3.05, 3.63) is 89.3 Å². The highest BCUT2D eigenvalue weighted by molar-refractivity contribution is 8.27. The third-order valence-corrected chi connectivity index (χ3v) is 5.95. The van der Waals surface area contributed by atoms with Crippen molar-refractivity contribution in [2.75, 3.05) is 25.2 Å². The number of nitrogens with zero attached hydrogens (tertiary/aromatic N) is 1. The summed E-state index contributed by atoms with van der Waals surface area (Å²) >= 11 is 6.72. The molecule has 1 aliphatic heterocycles. The van der Waals surface area contributed by atoms with Crippen LogP contribution >= 0.6 is 24.0 Å². The molecule has 5 nitrogen and oxygen atoms in total. The van der Waals surface area contributed by atoms with Gasteiger partial charge >= 0.3 is 0 Å². The van der Waals surface area contributed by atoms with Crippen molar-refractivity contribution < 1.29 is 19.0 Å². The highest BCUT2D eigenvalue weighted by Crippen LogP contribution is 2.36. The first-order valence-corrected chi connectivity index (χ1v) is 11.2. The zero-order valence-electron chi connectivity index (χ0n) is 17.4. The second-order valence-corrected chi connectivity index (χ2v) is 8.47. The molecule has 4 rings (SSSR count). The number of carbonyl (C=O) groups excluding carboxylic acids is 1. The molecular formula is C25H21NO4S2. The van der Waals surface area contributed by atoms with Crippen LogP contribution in [-0.4, -0.2) is 30.6 Å². The van der Waals surface area contributed by atoms with Gasteiger partial charge in [0, 0.05) is 6.07 Å². The largest absolute Gasteiger partial charge is 0.497 e. The smallest absolute Gasteiger partial charge is 0.270 e. The molecule has 32 heavy (non-hydrogen) atoms. The van der Waals surface area contributed by atoms with Crippen molar-refractivity contribution in [1.29, 1.82) is 0 Å². The van der Waals surface area contributed by atoms with Crippen molar-refractivity contribution in [2.45, 2.75) is 0 Å². The summed E-state index contributed by atoms with van der Waals surface area (Å²) in [4.78, 5) is 15.0. The maximum atomic E-state index is 12.8. The van der Waals surface area contributed by atoms with Crippen LogP contribution in [0.5, 0.6) is 17.2 Å². The van der Waals surface area contributed by atoms with E-state index in [2.05, 4.69) is 0 Å². The Morgan fingerprint density at radius 2 is 1.56 bits per heavy atom. The van der Waals surface area contributed by atoms with Crippen molar-refractivity contribution in [2.24, 2.45) is 0 Å². The molecule has 0 unspecified atom stereocenters. The van der Waals surface area contributed by atoms with E-state index < -0.39 is 0 Å². The lowest BCUT2D eigenvalue weighted by molar-refractivity contribution is -0.113. The molecule has 0 spiro atoms. The second-order valence-electron chi connectivity index (χ2n) is 6.80. The lowest BCUT2D eigenvalue weighted by Gasteiger charge is -2.13. The summed E-state index contributed by atoms with van der Waals surface area (Å²) in [5, 5.41) is 0. The number of amides is 1. The van der Waals surface area contributed by atoms with Crippen LogP contribution in [0.4, 0.5) is 5.69 Å². The molecule has 3 aromatic rings. The number of thiocarbonyl (C=S) groups is 1. The van der Waals surface area contributed by atoms with Gasteiger partial charge in [0.05, 0.1) is 17.7 Å². The van der Waals surface area contributed by atoms with Gasteiger partial charge in [-0.05, 0) is 48.0 Å². The van der Waals surface area contributed by atoms with Crippen molar-refractivity contribution in [3.63, 3.8) is 0 Å². The molecule has 0 N–H and O–H groups in total. The first-order chi connectivity index (χ1) is 15.6. The van der Waals surface area contributed by atoms with Crippen LogP contribution in [0.1, 0.15) is 5.56 Å². The average Bonchev–Trinajstić information content (AvgIpc) is 3.11. The monoisotopic (exact) mass is 463 g/mol. The first kappa shape index (κ1) is 21.9. The zero-order valence-corrected chi connectivity index (χ0v) is 19.0. The summed E-state index contributed by atoms with van der Waals surface area (Å²) in [5.74, 6) is 2.10. The van der Waals surface area contributed by atoms with Gasteiger partial charge in [-0.15, -0.1) is 0 Å². The van der Waals surface area contributed by atoms with Gasteiger partial charge in [0.1, 0.15) is 30.5 Å². The Bertz CT molecular complexity index is 1130. The zero-order chi connectivity index (χ0) is 22.3. The number of hydrogen-bond acceptors (Lipinski definition) is 6. The Kier molecular flexibility index (Phi) is 7.09. The third kappa shape index (κ3) is 5.30. The number of para-hydroxylation sites is 1. The summed E-state index contributed by atoms with van der Waals surface area (Å²) in [5.41, 5.74) is 1.68. The van der Waals surface area contributed by atoms with E-state index in [1.807, 2.05) is 84.9 Å². The molecule has 0 aliphatic carbocycles. The summed E-state index contributed by atoms with van der Waals surface area (Å²) in [7, 11) is 1.62. The quantitative estimate of drug-likeness (QED) is 0.248. The standard InChI is InChI=1S/C25H21NO4S2/c1-28-21-8-5-9-22(17-21)30-15-14-29-20-12-10-18(11-13-20)16-23-24(27)26(25(31)32-23)19-6-3-2-4-7-19/h2-13,16-17H,14-15H2,1H3/b23-16+. The topological polar surface area (TPSA) is 48.0 Å². The fourth-order valence-electron chi connectivity index (χ4n) is 3.09. The minimum atomic E-state index is -0.110. The number of anilines is 1. The fourth-order valence-corrected chi connectivity index (χ4v) is 4.39. The molecule has 1 heterocycles. The normalized spacial score (nSPS) is 14.7. The maximum absolute atomic E-state index is 12.8. The van der Waals surface area contributed by atoms with Crippen LogP contribution < -0.4 is 19.1 Å². The highest BCUT2D eigenvalue weighted by atomic mass is 32.2. The molecule has 1 aliphatic rings. The average molecular weight is 464 g/mol. The van der Waals surface area contributed by atoms with E-state index in [9.17, 15) is 4.79 Å². The SMILES string of the molecule is COc1cccc(OCCOc2ccc(/C=C3/SC(=S)N(c4ccccc4)C3=O)cc2)c1. The lowest BCUT2D eigenvalue weighted by Crippen LogP contribution is -2.27. The van der Waals surface area contributed by atoms with Gasteiger partial charge < -0.3 is 14.2 Å². The van der Waals surface area contributed by atoms with E-state index in [0.29, 0.717) is 22.4 Å². The van der Waals surface area contributed by atoms with E-state index in [-0.39, 0.29) is 5.91 Å². The van der Waals surface area contributed by atoms with Crippen molar-refractivity contribution in [3.8, 4) is 17.2 Å². The van der Waals surface area contributed by atoms with Crippen LogP contribution in [-0.2, 0) is 4.79 Å². The molecule has 0 aromatic heterocycles. The Morgan fingerprint density at radius 3 is 2.28 bits per heavy atom. The highest BCUT2D eigenvalue weighted by Gasteiger charge is 2.33. The van der Waals surface area contributed by atoms with Gasteiger partial charge in [-0.1, -0.05) is 60.4 Å². The molecule has 7 heteroatoms. The summed E-state index contributed by atoms with van der Waals surface area (Å²) in [6, 6.07) is 24.4. The van der Waals surface area contributed by atoms with Gasteiger partial charge in [-0.3, -0.25) is 9.69 Å². The van der Waals surface area contributed by atoms with Gasteiger partial charge in [0.25, 0.3) is 5.91 Å². The number of benzene rings is 3. The Balaban J connectivity index is 1.32. The van der Waals surface area contributed by atoms with Crippen LogP contribution in [0.3, 0.4) is 0 Å². The molecule has 0 bridgehead atoms. The minimum absolute atomic E-state index is 0.110. The molecule has 1 amide bonds. The molecule has 1 fully saturated rings. The van der Waals surface area contributed by atoms with Crippen molar-refractivity contribution in [1.82, 2.24) is 0 Å². The van der Waals surface area contributed by atoms with E-state index in [4.69, 9.17) is 26.4 Å². The molecule has 162 valence electrons. The number of thioether (sulfide) groups is 1. The molecule has 0 radical (unpaired) electrons. The molecule has 0 atom stereocenters. The molecule has 0 saturated carbocycles. The van der Waals surface area contributed by atoms with E-state index in [1.165, 1.54) is 11.8 Å². The third-order valence-electron chi connectivity index (χ3n) is 4.65. The maximum Gasteiger partial charge on any atom is 0.270 e. The number of ether oxygens (including phenoxy) is 3. The van der Waals surface area contributed by atoms with Gasteiger partial charge in [-0.2, -0.15) is 0 Å². The lowest BCUT2D eigenvalue weighted by atomic mass is 10.2. The summed E-state index contributed by atoms with van der Waals surface area (Å²) in [6.45, 7) is 0.823. The predicted octanol–water partition coefficient (Wildman–Crippen LogP) is 5.56. The van der Waals surface area contributed by atoms with E-state index in [0.717, 1.165) is 28.5 Å². The minimum Gasteiger partial charge on any atom is -0.497 e. The van der Waals surface area contributed by atoms with E-state index in [1.54, 1.807) is 12.0 Å². The Labute approximate surface area is 196 Å². The summed E-state index contributed by atoms with van der Waals surface area (Å²) < 4.78 is 17.1. The molecular weight excluding hydrogens is 442 g/mol. The van der Waals surface area contributed by atoms with Crippen LogP contribution in [0.25, 0.3) is 6.08 Å². The van der Waals surface area contributed by atoms with Crippen LogP contribution in [0, 0.1) is 0 Å². The fraction of sp³-hybridized carbons (Fsp3) is 0.120. The molecule has 3 aromatic carbocycles. The van der Waals surface area contributed by atoms with Crippen LogP contribution in [0.2, 0.25) is 0 Å².